The average molecular weight is 427 g/mol. The first-order chi connectivity index (χ1) is 15.2. The van der Waals surface area contributed by atoms with Crippen LogP contribution in [-0.4, -0.2) is 49.5 Å². The first-order valence-electron chi connectivity index (χ1n) is 11.4. The number of rotatable bonds is 4. The summed E-state index contributed by atoms with van der Waals surface area (Å²) in [4.78, 5) is 27.4. The van der Waals surface area contributed by atoms with Crippen LogP contribution in [0.1, 0.15) is 71.8 Å². The molecule has 4 rings (SSSR count). The molecule has 0 bridgehead atoms. The zero-order valence-electron chi connectivity index (χ0n) is 19.3. The molecule has 0 spiro atoms. The third-order valence-corrected chi connectivity index (χ3v) is 4.78. The number of nitrogens with zero attached hydrogens (tertiary/aromatic N) is 5. The Labute approximate surface area is 187 Å². The van der Waals surface area contributed by atoms with Crippen molar-refractivity contribution in [1.82, 2.24) is 29.7 Å². The predicted octanol–water partition coefficient (Wildman–Crippen LogP) is 4.78. The average Bonchev–Trinajstić information content (AvgIpc) is 3.37. The minimum atomic E-state index is -0.220. The molecule has 0 aromatic carbocycles. The lowest BCUT2D eigenvalue weighted by Gasteiger charge is -2.35. The second-order valence-electron chi connectivity index (χ2n) is 7.26. The van der Waals surface area contributed by atoms with Crippen LogP contribution in [0.2, 0.25) is 0 Å². The molecule has 0 radical (unpaired) electrons. The van der Waals surface area contributed by atoms with Crippen LogP contribution < -0.4 is 5.32 Å². The molecule has 1 saturated heterocycles. The maximum atomic E-state index is 12.5. The molecule has 31 heavy (non-hydrogen) atoms. The van der Waals surface area contributed by atoms with Gasteiger partial charge in [-0.3, -0.25) is 9.36 Å². The fourth-order valence-electron chi connectivity index (χ4n) is 3.36. The fraction of sp³-hybridized carbons (Fsp3) is 0.500. The maximum Gasteiger partial charge on any atom is 0.289 e. The molecular weight excluding hydrogens is 388 g/mol. The number of piperidine rings is 1. The standard InChI is InChI=1S/C19H22N6O.C3H8.C2H6.H2/c26-19(18-21-9-6-17(23-18)25-13-10-20-14-25)22-15-7-11-24(12-8-15)16-4-2-1-3-5-16;1-3-2;1-2;/h2,4-6,9-10,13-15H,1,3,7-8,11-12H2,(H,22,26);3H2,1-2H3;1-2H3;1H. The molecule has 170 valence electrons. The third-order valence-electron chi connectivity index (χ3n) is 4.78. The first-order valence-corrected chi connectivity index (χ1v) is 11.4. The van der Waals surface area contributed by atoms with Gasteiger partial charge in [-0.2, -0.15) is 0 Å². The van der Waals surface area contributed by atoms with Crippen LogP contribution in [0.3, 0.4) is 0 Å². The van der Waals surface area contributed by atoms with Crippen LogP contribution in [0.25, 0.3) is 5.82 Å². The van der Waals surface area contributed by atoms with Gasteiger partial charge in [-0.15, -0.1) is 0 Å². The van der Waals surface area contributed by atoms with Gasteiger partial charge in [0.05, 0.1) is 0 Å². The van der Waals surface area contributed by atoms with Crippen LogP contribution in [0.4, 0.5) is 0 Å². The van der Waals surface area contributed by atoms with Crippen molar-refractivity contribution in [2.24, 2.45) is 0 Å². The topological polar surface area (TPSA) is 75.9 Å². The normalized spacial score (nSPS) is 15.7. The summed E-state index contributed by atoms with van der Waals surface area (Å²) in [6.45, 7) is 10.2. The van der Waals surface area contributed by atoms with E-state index in [1.54, 1.807) is 35.6 Å². The Morgan fingerprint density at radius 1 is 1.19 bits per heavy atom. The summed E-state index contributed by atoms with van der Waals surface area (Å²) in [5, 5.41) is 3.08. The molecule has 7 heteroatoms. The van der Waals surface area contributed by atoms with Crippen molar-refractivity contribution < 1.29 is 6.22 Å². The van der Waals surface area contributed by atoms with Gasteiger partial charge in [-0.1, -0.05) is 46.3 Å². The summed E-state index contributed by atoms with van der Waals surface area (Å²) in [5.41, 5.74) is 1.32. The van der Waals surface area contributed by atoms with Crippen LogP contribution in [0.15, 0.2) is 54.9 Å². The van der Waals surface area contributed by atoms with Gasteiger partial charge in [-0.25, -0.2) is 15.0 Å². The molecule has 1 aliphatic carbocycles. The Bertz CT molecular complexity index is 842. The summed E-state index contributed by atoms with van der Waals surface area (Å²) in [7, 11) is 0. The highest BCUT2D eigenvalue weighted by molar-refractivity contribution is 5.90. The first kappa shape index (κ1) is 24.3. The number of imidazole rings is 1. The number of nitrogens with one attached hydrogen (secondary N) is 1. The minimum absolute atomic E-state index is 0. The van der Waals surface area contributed by atoms with Gasteiger partial charge < -0.3 is 10.2 Å². The second kappa shape index (κ2) is 13.4. The van der Waals surface area contributed by atoms with E-state index in [2.05, 4.69) is 57.2 Å². The summed E-state index contributed by atoms with van der Waals surface area (Å²) in [6.07, 6.45) is 18.8. The summed E-state index contributed by atoms with van der Waals surface area (Å²) < 4.78 is 1.75. The highest BCUT2D eigenvalue weighted by Crippen LogP contribution is 2.20. The number of carbonyl (C=O) groups excluding carboxylic acids is 1. The zero-order valence-corrected chi connectivity index (χ0v) is 19.3. The highest BCUT2D eigenvalue weighted by Gasteiger charge is 2.23. The number of aromatic nitrogens is 4. The van der Waals surface area contributed by atoms with E-state index in [0.717, 1.165) is 38.8 Å². The van der Waals surface area contributed by atoms with Gasteiger partial charge in [0.25, 0.3) is 5.91 Å². The van der Waals surface area contributed by atoms with E-state index in [4.69, 9.17) is 0 Å². The third kappa shape index (κ3) is 7.35. The van der Waals surface area contributed by atoms with Gasteiger partial charge in [0.15, 0.2) is 0 Å². The molecule has 0 saturated carbocycles. The zero-order chi connectivity index (χ0) is 22.5. The van der Waals surface area contributed by atoms with E-state index >= 15 is 0 Å². The molecule has 1 fully saturated rings. The van der Waals surface area contributed by atoms with Crippen LogP contribution in [-0.2, 0) is 0 Å². The summed E-state index contributed by atoms with van der Waals surface area (Å²) in [5.74, 6) is 0.604. The molecule has 2 aromatic heterocycles. The summed E-state index contributed by atoms with van der Waals surface area (Å²) in [6, 6.07) is 1.91. The van der Waals surface area contributed by atoms with E-state index < -0.39 is 0 Å². The molecular formula is C24H38N6O. The van der Waals surface area contributed by atoms with Crippen LogP contribution >= 0.6 is 0 Å². The van der Waals surface area contributed by atoms with E-state index in [1.807, 2.05) is 13.8 Å². The Hall–Kier alpha value is -2.96. The van der Waals surface area contributed by atoms with E-state index in [1.165, 1.54) is 12.1 Å². The van der Waals surface area contributed by atoms with Gasteiger partial charge in [0.1, 0.15) is 12.1 Å². The van der Waals surface area contributed by atoms with Gasteiger partial charge in [-0.05, 0) is 37.8 Å². The number of hydrogen-bond acceptors (Lipinski definition) is 5. The van der Waals surface area contributed by atoms with Crippen molar-refractivity contribution in [3.8, 4) is 5.82 Å². The van der Waals surface area contributed by atoms with Crippen molar-refractivity contribution in [1.29, 1.82) is 0 Å². The largest absolute Gasteiger partial charge is 0.372 e. The number of allylic oxidation sites excluding steroid dienone is 3. The number of hydrogen-bond donors (Lipinski definition) is 1. The van der Waals surface area contributed by atoms with Gasteiger partial charge in [0.2, 0.25) is 5.82 Å². The number of amides is 1. The number of carbonyl (C=O) groups is 1. The minimum Gasteiger partial charge on any atom is -0.372 e. The molecule has 0 atom stereocenters. The van der Waals surface area contributed by atoms with Gasteiger partial charge in [0, 0.05) is 44.8 Å². The monoisotopic (exact) mass is 426 g/mol. The predicted molar refractivity (Wildman–Crippen MR) is 127 cm³/mol. The summed E-state index contributed by atoms with van der Waals surface area (Å²) >= 11 is 0. The van der Waals surface area contributed by atoms with E-state index in [-0.39, 0.29) is 19.2 Å². The quantitative estimate of drug-likeness (QED) is 0.761. The van der Waals surface area contributed by atoms with Crippen LogP contribution in [0.5, 0.6) is 0 Å². The van der Waals surface area contributed by atoms with E-state index in [0.29, 0.717) is 5.82 Å². The molecule has 2 aromatic rings. The van der Waals surface area contributed by atoms with Crippen LogP contribution in [0, 0.1) is 0 Å². The Morgan fingerprint density at radius 3 is 2.55 bits per heavy atom. The van der Waals surface area contributed by atoms with Crippen molar-refractivity contribution in [3.05, 3.63) is 60.7 Å². The van der Waals surface area contributed by atoms with Crippen molar-refractivity contribution in [3.63, 3.8) is 0 Å². The molecule has 3 heterocycles. The maximum absolute atomic E-state index is 12.5. The Balaban J connectivity index is 0.000000790. The fourth-order valence-corrected chi connectivity index (χ4v) is 3.36. The highest BCUT2D eigenvalue weighted by atomic mass is 16.2. The molecule has 2 aliphatic rings. The smallest absolute Gasteiger partial charge is 0.289 e. The molecule has 7 nitrogen and oxygen atoms in total. The molecule has 1 N–H and O–H groups in total. The lowest BCUT2D eigenvalue weighted by atomic mass is 10.0. The van der Waals surface area contributed by atoms with Crippen molar-refractivity contribution in [2.75, 3.05) is 13.1 Å². The van der Waals surface area contributed by atoms with Gasteiger partial charge >= 0.3 is 0 Å². The Kier molecular flexibility index (Phi) is 10.5. The molecule has 1 amide bonds. The lowest BCUT2D eigenvalue weighted by Crippen LogP contribution is -2.44. The number of likely N-dealkylation sites (tertiary alicyclic amines) is 1. The van der Waals surface area contributed by atoms with E-state index in [9.17, 15) is 4.79 Å². The lowest BCUT2D eigenvalue weighted by molar-refractivity contribution is 0.0908. The molecule has 0 unspecified atom stereocenters. The SMILES string of the molecule is CC.CCC.O=C(NC1CCN(C2=CCCC=C2)CC1)c1nccc(-n2ccnc2)n1.[HH]. The molecule has 1 aliphatic heterocycles. The van der Waals surface area contributed by atoms with Crippen molar-refractivity contribution >= 4 is 5.91 Å². The van der Waals surface area contributed by atoms with Crippen molar-refractivity contribution in [2.45, 2.75) is 65.8 Å². The Morgan fingerprint density at radius 2 is 1.94 bits per heavy atom. The second-order valence-corrected chi connectivity index (χ2v) is 7.26.